The third-order valence-electron chi connectivity index (χ3n) is 3.72. The Bertz CT molecular complexity index is 984. The number of rotatable bonds is 4. The summed E-state index contributed by atoms with van der Waals surface area (Å²) in [7, 11) is 0. The zero-order valence-electron chi connectivity index (χ0n) is 13.2. The van der Waals surface area contributed by atoms with Gasteiger partial charge in [-0.05, 0) is 29.5 Å². The van der Waals surface area contributed by atoms with Crippen molar-refractivity contribution in [1.82, 2.24) is 15.2 Å². The van der Waals surface area contributed by atoms with Crippen LogP contribution in [0.15, 0.2) is 89.4 Å². The van der Waals surface area contributed by atoms with Gasteiger partial charge in [-0.3, -0.25) is 0 Å². The van der Waals surface area contributed by atoms with Crippen LogP contribution in [0.4, 0.5) is 0 Å². The molecule has 0 aliphatic heterocycles. The van der Waals surface area contributed by atoms with Gasteiger partial charge >= 0.3 is 0 Å². The van der Waals surface area contributed by atoms with Crippen LogP contribution in [0.5, 0.6) is 5.75 Å². The Morgan fingerprint density at radius 2 is 1.44 bits per heavy atom. The Kier molecular flexibility index (Phi) is 4.31. The average Bonchev–Trinajstić information content (AvgIpc) is 3.07. The summed E-state index contributed by atoms with van der Waals surface area (Å²) in [5.74, 6) is 0.699. The largest absolute Gasteiger partial charge is 0.356 e. The minimum atomic E-state index is 0.699. The molecule has 3 aromatic carbocycles. The van der Waals surface area contributed by atoms with Crippen molar-refractivity contribution in [2.24, 2.45) is 0 Å². The van der Waals surface area contributed by atoms with E-state index in [0.717, 1.165) is 27.0 Å². The van der Waals surface area contributed by atoms with E-state index in [0.29, 0.717) is 5.75 Å². The van der Waals surface area contributed by atoms with Crippen LogP contribution in [-0.2, 0) is 0 Å². The van der Waals surface area contributed by atoms with Gasteiger partial charge in [-0.15, -0.1) is 5.10 Å². The molecule has 0 radical (unpaired) electrons. The van der Waals surface area contributed by atoms with E-state index in [1.54, 1.807) is 0 Å². The summed E-state index contributed by atoms with van der Waals surface area (Å²) in [4.78, 5) is 7.40. The smallest absolute Gasteiger partial charge is 0.158 e. The van der Waals surface area contributed by atoms with E-state index in [-0.39, 0.29) is 0 Å². The second-order valence-electron chi connectivity index (χ2n) is 5.44. The highest BCUT2D eigenvalue weighted by atomic mass is 79.9. The fraction of sp³-hybridized carbons (Fsp3) is 0. The molecule has 0 amide bonds. The predicted molar refractivity (Wildman–Crippen MR) is 101 cm³/mol. The molecule has 0 saturated carbocycles. The van der Waals surface area contributed by atoms with E-state index in [2.05, 4.69) is 26.2 Å². The maximum absolute atomic E-state index is 5.93. The molecule has 4 rings (SSSR count). The van der Waals surface area contributed by atoms with Gasteiger partial charge in [-0.25, -0.2) is 0 Å². The van der Waals surface area contributed by atoms with Crippen molar-refractivity contribution in [2.45, 2.75) is 0 Å². The van der Waals surface area contributed by atoms with Crippen molar-refractivity contribution in [2.75, 3.05) is 0 Å². The fourth-order valence-corrected chi connectivity index (χ4v) is 2.99. The van der Waals surface area contributed by atoms with Gasteiger partial charge < -0.3 is 4.84 Å². The normalized spacial score (nSPS) is 10.6. The molecular formula is C20H14BrN3O. The molecule has 0 atom stereocenters. The summed E-state index contributed by atoms with van der Waals surface area (Å²) in [6.45, 7) is 0. The summed E-state index contributed by atoms with van der Waals surface area (Å²) in [6, 6.07) is 27.5. The molecule has 4 nitrogen and oxygen atoms in total. The van der Waals surface area contributed by atoms with Gasteiger partial charge in [0.05, 0.1) is 0 Å². The minimum Gasteiger partial charge on any atom is -0.356 e. The number of para-hydroxylation sites is 1. The summed E-state index contributed by atoms with van der Waals surface area (Å²) >= 11 is 3.51. The van der Waals surface area contributed by atoms with Gasteiger partial charge in [-0.2, -0.15) is 0 Å². The van der Waals surface area contributed by atoms with Crippen LogP contribution in [0, 0.1) is 0 Å². The lowest BCUT2D eigenvalue weighted by Crippen LogP contribution is -2.09. The average molecular weight is 392 g/mol. The molecule has 5 heteroatoms. The first kappa shape index (κ1) is 15.6. The van der Waals surface area contributed by atoms with Crippen molar-refractivity contribution in [3.05, 3.63) is 89.4 Å². The van der Waals surface area contributed by atoms with Crippen LogP contribution >= 0.6 is 15.9 Å². The van der Waals surface area contributed by atoms with Gasteiger partial charge in [0.2, 0.25) is 0 Å². The monoisotopic (exact) mass is 391 g/mol. The molecule has 122 valence electrons. The summed E-state index contributed by atoms with van der Waals surface area (Å²) in [5, 5.41) is 8.59. The highest BCUT2D eigenvalue weighted by Crippen LogP contribution is 2.31. The van der Waals surface area contributed by atoms with Gasteiger partial charge in [-0.1, -0.05) is 81.4 Å². The van der Waals surface area contributed by atoms with E-state index in [1.165, 1.54) is 4.85 Å². The number of benzene rings is 3. The van der Waals surface area contributed by atoms with Crippen LogP contribution in [0.3, 0.4) is 0 Å². The molecule has 0 fully saturated rings. The number of halogens is 1. The highest BCUT2D eigenvalue weighted by molar-refractivity contribution is 9.10. The predicted octanol–water partition coefficient (Wildman–Crippen LogP) is 5.22. The number of nitrogens with zero attached hydrogens (tertiary/aromatic N) is 3. The number of aromatic nitrogens is 3. The second kappa shape index (κ2) is 6.91. The third-order valence-corrected chi connectivity index (χ3v) is 4.22. The maximum atomic E-state index is 5.93. The van der Waals surface area contributed by atoms with E-state index in [1.807, 2.05) is 84.9 Å². The molecule has 0 saturated heterocycles. The fourth-order valence-electron chi connectivity index (χ4n) is 2.59. The SMILES string of the molecule is Brc1cccc(-c2nnn(Oc3ccccc3)c2-c2ccccc2)c1. The van der Waals surface area contributed by atoms with Crippen LogP contribution in [0.25, 0.3) is 22.5 Å². The molecule has 0 bridgehead atoms. The van der Waals surface area contributed by atoms with Crippen molar-refractivity contribution in [3.63, 3.8) is 0 Å². The Morgan fingerprint density at radius 1 is 0.760 bits per heavy atom. The zero-order chi connectivity index (χ0) is 17.1. The summed E-state index contributed by atoms with van der Waals surface area (Å²) < 4.78 is 0.988. The number of hydrogen-bond acceptors (Lipinski definition) is 3. The van der Waals surface area contributed by atoms with Crippen molar-refractivity contribution in [1.29, 1.82) is 0 Å². The summed E-state index contributed by atoms with van der Waals surface area (Å²) in [6.07, 6.45) is 0. The third kappa shape index (κ3) is 3.32. The van der Waals surface area contributed by atoms with Crippen molar-refractivity contribution < 1.29 is 4.84 Å². The molecule has 0 aliphatic rings. The lowest BCUT2D eigenvalue weighted by molar-refractivity contribution is 0.177. The number of hydrogen-bond donors (Lipinski definition) is 0. The molecule has 1 aromatic heterocycles. The van der Waals surface area contributed by atoms with E-state index >= 15 is 0 Å². The van der Waals surface area contributed by atoms with E-state index in [9.17, 15) is 0 Å². The van der Waals surface area contributed by atoms with Gasteiger partial charge in [0.1, 0.15) is 11.4 Å². The Morgan fingerprint density at radius 3 is 2.16 bits per heavy atom. The quantitative estimate of drug-likeness (QED) is 0.478. The molecule has 0 N–H and O–H groups in total. The molecular weight excluding hydrogens is 378 g/mol. The van der Waals surface area contributed by atoms with Crippen LogP contribution in [0.2, 0.25) is 0 Å². The van der Waals surface area contributed by atoms with E-state index in [4.69, 9.17) is 4.84 Å². The first-order valence-electron chi connectivity index (χ1n) is 7.82. The standard InChI is InChI=1S/C20H14BrN3O/c21-17-11-7-10-16(14-17)19-20(15-8-3-1-4-9-15)24(23-22-19)25-18-12-5-2-6-13-18/h1-14H. The second-order valence-corrected chi connectivity index (χ2v) is 6.36. The molecule has 0 aliphatic carbocycles. The van der Waals surface area contributed by atoms with E-state index < -0.39 is 0 Å². The molecule has 25 heavy (non-hydrogen) atoms. The molecule has 0 spiro atoms. The van der Waals surface area contributed by atoms with Crippen LogP contribution in [-0.4, -0.2) is 15.2 Å². The summed E-state index contributed by atoms with van der Waals surface area (Å²) in [5.41, 5.74) is 3.53. The highest BCUT2D eigenvalue weighted by Gasteiger charge is 2.18. The first-order chi connectivity index (χ1) is 12.3. The lowest BCUT2D eigenvalue weighted by Gasteiger charge is -2.09. The van der Waals surface area contributed by atoms with Crippen molar-refractivity contribution >= 4 is 15.9 Å². The lowest BCUT2D eigenvalue weighted by atomic mass is 10.1. The van der Waals surface area contributed by atoms with Gasteiger partial charge in [0.15, 0.2) is 5.75 Å². The van der Waals surface area contributed by atoms with Crippen LogP contribution < -0.4 is 4.84 Å². The Hall–Kier alpha value is -2.92. The maximum Gasteiger partial charge on any atom is 0.158 e. The van der Waals surface area contributed by atoms with Crippen molar-refractivity contribution in [3.8, 4) is 28.3 Å². The van der Waals surface area contributed by atoms with Crippen LogP contribution in [0.1, 0.15) is 0 Å². The molecule has 0 unspecified atom stereocenters. The zero-order valence-corrected chi connectivity index (χ0v) is 14.8. The Labute approximate surface area is 153 Å². The van der Waals surface area contributed by atoms with Gasteiger partial charge in [0.25, 0.3) is 0 Å². The first-order valence-corrected chi connectivity index (χ1v) is 8.61. The minimum absolute atomic E-state index is 0.699. The Balaban J connectivity index is 1.85. The topological polar surface area (TPSA) is 39.9 Å². The molecule has 1 heterocycles. The van der Waals surface area contributed by atoms with Gasteiger partial charge in [0, 0.05) is 15.6 Å². The molecule has 4 aromatic rings.